The zero-order valence-electron chi connectivity index (χ0n) is 20.3. The van der Waals surface area contributed by atoms with Crippen LogP contribution in [0, 0.1) is 0 Å². The van der Waals surface area contributed by atoms with E-state index in [1.165, 1.54) is 0 Å². The smallest absolute Gasteiger partial charge is 0.243 e. The minimum Gasteiger partial charge on any atom is -0.497 e. The molecule has 192 valence electrons. The number of para-hydroxylation sites is 2. The summed E-state index contributed by atoms with van der Waals surface area (Å²) < 4.78 is 5.30. The number of carbonyl (C=O) groups is 1. The lowest BCUT2D eigenvalue weighted by molar-refractivity contribution is -0.249. The van der Waals surface area contributed by atoms with E-state index in [1.807, 2.05) is 18.2 Å². The average molecular weight is 524 g/mol. The van der Waals surface area contributed by atoms with Gasteiger partial charge < -0.3 is 21.1 Å². The molecule has 0 saturated carbocycles. The van der Waals surface area contributed by atoms with Gasteiger partial charge in [0.05, 0.1) is 40.1 Å². The van der Waals surface area contributed by atoms with E-state index in [2.05, 4.69) is 31.0 Å². The van der Waals surface area contributed by atoms with Gasteiger partial charge in [-0.3, -0.25) is 10.2 Å². The van der Waals surface area contributed by atoms with Crippen molar-refractivity contribution in [2.45, 2.75) is 19.4 Å². The Morgan fingerprint density at radius 2 is 1.73 bits per heavy atom. The number of nitrogens with one attached hydrogen (secondary N) is 3. The number of anilines is 5. The van der Waals surface area contributed by atoms with Crippen LogP contribution in [-0.2, 0) is 9.78 Å². The topological polar surface area (TPSA) is 147 Å². The third-order valence-electron chi connectivity index (χ3n) is 5.21. The zero-order chi connectivity index (χ0) is 26.6. The second-order valence-corrected chi connectivity index (χ2v) is 9.00. The maximum Gasteiger partial charge on any atom is 0.243 e. The van der Waals surface area contributed by atoms with Gasteiger partial charge in [-0.2, -0.15) is 0 Å². The Balaban J connectivity index is 1.69. The molecule has 0 spiro atoms. The highest BCUT2D eigenvalue weighted by Crippen LogP contribution is 2.32. The molecule has 0 aliphatic rings. The number of carbonyl (C=O) groups excluding carboxylic acids is 1. The summed E-state index contributed by atoms with van der Waals surface area (Å²) in [4.78, 5) is 26.2. The van der Waals surface area contributed by atoms with Crippen molar-refractivity contribution in [2.75, 3.05) is 28.3 Å². The third-order valence-corrected chi connectivity index (χ3v) is 5.54. The number of rotatable bonds is 9. The molecular formula is C25H26ClN7O4. The first-order chi connectivity index (χ1) is 17.7. The van der Waals surface area contributed by atoms with Crippen molar-refractivity contribution < 1.29 is 19.8 Å². The Kier molecular flexibility index (Phi) is 7.60. The highest BCUT2D eigenvalue weighted by Gasteiger charge is 2.22. The maximum atomic E-state index is 12.3. The van der Waals surface area contributed by atoms with Gasteiger partial charge in [-0.05, 0) is 56.3 Å². The van der Waals surface area contributed by atoms with Gasteiger partial charge in [-0.25, -0.2) is 15.2 Å². The summed E-state index contributed by atoms with van der Waals surface area (Å²) in [6, 6.07) is 19.0. The van der Waals surface area contributed by atoms with Crippen molar-refractivity contribution in [3.05, 3.63) is 71.8 Å². The Morgan fingerprint density at radius 1 is 1.03 bits per heavy atom. The number of nitrogens with zero attached hydrogens (tertiary/aromatic N) is 3. The highest BCUT2D eigenvalue weighted by molar-refractivity contribution is 6.33. The number of nitrogens with two attached hydrogens (primary N) is 1. The van der Waals surface area contributed by atoms with Gasteiger partial charge in [0.1, 0.15) is 5.75 Å². The summed E-state index contributed by atoms with van der Waals surface area (Å²) in [6.07, 6.45) is 0. The first-order valence-corrected chi connectivity index (χ1v) is 11.5. The van der Waals surface area contributed by atoms with E-state index in [0.29, 0.717) is 44.7 Å². The number of ether oxygens (including phenoxy) is 1. The van der Waals surface area contributed by atoms with E-state index in [4.69, 9.17) is 22.1 Å². The van der Waals surface area contributed by atoms with E-state index in [1.54, 1.807) is 69.5 Å². The molecule has 1 amide bonds. The van der Waals surface area contributed by atoms with Crippen LogP contribution < -0.4 is 31.7 Å². The molecule has 0 aliphatic heterocycles. The molecule has 0 atom stereocenters. The van der Waals surface area contributed by atoms with E-state index < -0.39 is 5.54 Å². The number of benzene rings is 3. The minimum atomic E-state index is -1.08. The number of aromatic nitrogens is 2. The molecule has 37 heavy (non-hydrogen) atoms. The number of hydrogen-bond acceptors (Lipinski definition) is 10. The molecule has 4 aromatic rings. The van der Waals surface area contributed by atoms with Gasteiger partial charge in [0.15, 0.2) is 11.6 Å². The fourth-order valence-corrected chi connectivity index (χ4v) is 3.42. The summed E-state index contributed by atoms with van der Waals surface area (Å²) in [7, 11) is 1.55. The first kappa shape index (κ1) is 25.9. The van der Waals surface area contributed by atoms with Crippen LogP contribution in [0.1, 0.15) is 13.8 Å². The molecule has 0 bridgehead atoms. The Labute approximate surface area is 218 Å². The van der Waals surface area contributed by atoms with Crippen LogP contribution in [0.15, 0.2) is 66.7 Å². The van der Waals surface area contributed by atoms with E-state index >= 15 is 0 Å². The fraction of sp³-hybridized carbons (Fsp3) is 0.160. The van der Waals surface area contributed by atoms with Gasteiger partial charge in [-0.1, -0.05) is 34.8 Å². The largest absolute Gasteiger partial charge is 0.497 e. The summed E-state index contributed by atoms with van der Waals surface area (Å²) in [5.74, 6) is 0.723. The van der Waals surface area contributed by atoms with E-state index in [-0.39, 0.29) is 11.7 Å². The third kappa shape index (κ3) is 6.16. The van der Waals surface area contributed by atoms with Crippen molar-refractivity contribution >= 4 is 57.2 Å². The van der Waals surface area contributed by atoms with Crippen LogP contribution in [0.3, 0.4) is 0 Å². The van der Waals surface area contributed by atoms with Gasteiger partial charge in [0, 0.05) is 11.8 Å². The van der Waals surface area contributed by atoms with Gasteiger partial charge in [0.25, 0.3) is 0 Å². The Morgan fingerprint density at radius 3 is 2.38 bits per heavy atom. The summed E-state index contributed by atoms with van der Waals surface area (Å²) in [5, 5.41) is 17.0. The lowest BCUT2D eigenvalue weighted by Crippen LogP contribution is -2.45. The van der Waals surface area contributed by atoms with Crippen molar-refractivity contribution in [2.24, 2.45) is 5.73 Å². The molecule has 1 aromatic heterocycles. The lowest BCUT2D eigenvalue weighted by Gasteiger charge is -2.23. The zero-order valence-corrected chi connectivity index (χ0v) is 21.1. The van der Waals surface area contributed by atoms with Crippen molar-refractivity contribution in [1.29, 1.82) is 0 Å². The van der Waals surface area contributed by atoms with E-state index in [9.17, 15) is 10.1 Å². The normalized spacial score (nSPS) is 11.2. The molecule has 12 heteroatoms. The van der Waals surface area contributed by atoms with E-state index in [0.717, 1.165) is 5.17 Å². The number of amides is 1. The lowest BCUT2D eigenvalue weighted by atomic mass is 10.1. The standard InChI is InChI=1S/C25H26ClN7O4/c1-25(2,27)24(34)28-15-7-6-8-16(13-15)33(37-35)32-23-22(29-19-9-4-5-10-20(19)30-23)31-21-14-17(36-3)11-12-18(21)26/h4-14,35H,27H2,1-3H3,(H,28,34)(H,29,31)(H,30,32). The van der Waals surface area contributed by atoms with Gasteiger partial charge >= 0.3 is 0 Å². The summed E-state index contributed by atoms with van der Waals surface area (Å²) in [5.41, 5.74) is 10.2. The number of hydrogen-bond donors (Lipinski definition) is 5. The predicted molar refractivity (Wildman–Crippen MR) is 144 cm³/mol. The molecule has 6 N–H and O–H groups in total. The summed E-state index contributed by atoms with van der Waals surface area (Å²) >= 11 is 6.39. The molecule has 0 fully saturated rings. The first-order valence-electron chi connectivity index (χ1n) is 11.1. The van der Waals surface area contributed by atoms with Crippen LogP contribution in [0.4, 0.5) is 28.7 Å². The molecule has 0 unspecified atom stereocenters. The second kappa shape index (κ2) is 10.8. The number of methoxy groups -OCH3 is 1. The van der Waals surface area contributed by atoms with Crippen LogP contribution in [-0.4, -0.2) is 33.8 Å². The number of fused-ring (bicyclic) bond motifs is 1. The van der Waals surface area contributed by atoms with Crippen molar-refractivity contribution in [3.63, 3.8) is 0 Å². The SMILES string of the molecule is COc1ccc(Cl)c(Nc2nc3ccccc3nc2NN(OO)c2cccc(NC(=O)C(C)(C)N)c2)c1. The molecule has 4 rings (SSSR count). The average Bonchev–Trinajstić information content (AvgIpc) is 2.88. The quantitative estimate of drug-likeness (QED) is 0.151. The molecular weight excluding hydrogens is 498 g/mol. The Hall–Kier alpha value is -4.16. The summed E-state index contributed by atoms with van der Waals surface area (Å²) in [6.45, 7) is 3.19. The predicted octanol–water partition coefficient (Wildman–Crippen LogP) is 4.95. The number of halogens is 1. The van der Waals surface area contributed by atoms with Gasteiger partial charge in [0.2, 0.25) is 5.91 Å². The molecule has 1 heterocycles. The monoisotopic (exact) mass is 523 g/mol. The molecule has 3 aromatic carbocycles. The second-order valence-electron chi connectivity index (χ2n) is 8.59. The Bertz CT molecular complexity index is 1430. The van der Waals surface area contributed by atoms with Crippen molar-refractivity contribution in [1.82, 2.24) is 9.97 Å². The molecule has 0 aliphatic carbocycles. The van der Waals surface area contributed by atoms with Crippen molar-refractivity contribution in [3.8, 4) is 5.75 Å². The number of hydrazine groups is 1. The van der Waals surface area contributed by atoms with Crippen LogP contribution in [0.2, 0.25) is 5.02 Å². The fourth-order valence-electron chi connectivity index (χ4n) is 3.25. The highest BCUT2D eigenvalue weighted by atomic mass is 35.5. The molecule has 0 saturated heterocycles. The molecule has 11 nitrogen and oxygen atoms in total. The van der Waals surface area contributed by atoms with Crippen LogP contribution in [0.25, 0.3) is 11.0 Å². The van der Waals surface area contributed by atoms with Crippen LogP contribution in [0.5, 0.6) is 5.75 Å². The minimum absolute atomic E-state index is 0.212. The van der Waals surface area contributed by atoms with Gasteiger partial charge in [-0.15, -0.1) is 5.17 Å². The van der Waals surface area contributed by atoms with Crippen LogP contribution >= 0.6 is 11.6 Å². The maximum absolute atomic E-state index is 12.3. The molecule has 0 radical (unpaired) electrons.